The predicted molar refractivity (Wildman–Crippen MR) is 42.2 cm³/mol. The Morgan fingerprint density at radius 2 is 2.36 bits per heavy atom. The number of hydrogen-bond donors (Lipinski definition) is 0. The van der Waals surface area contributed by atoms with Crippen LogP contribution in [0.3, 0.4) is 0 Å². The highest BCUT2D eigenvalue weighted by atomic mass is 16.5. The molecule has 0 unspecified atom stereocenters. The Bertz CT molecular complexity index is 189. The minimum absolute atomic E-state index is 0.788. The summed E-state index contributed by atoms with van der Waals surface area (Å²) in [4.78, 5) is 8.09. The van der Waals surface area contributed by atoms with Gasteiger partial charge in [0.15, 0.2) is 0 Å². The summed E-state index contributed by atoms with van der Waals surface area (Å²) >= 11 is 0. The summed E-state index contributed by atoms with van der Waals surface area (Å²) in [5, 5.41) is 0. The Morgan fingerprint density at radius 3 is 3.00 bits per heavy atom. The maximum Gasteiger partial charge on any atom is 0.0587 e. The minimum Gasteiger partial charge on any atom is -0.385 e. The van der Waals surface area contributed by atoms with Crippen molar-refractivity contribution in [3.05, 3.63) is 24.3 Å². The molecular weight excluding hydrogens is 140 g/mol. The van der Waals surface area contributed by atoms with Crippen molar-refractivity contribution in [1.29, 1.82) is 0 Å². The lowest BCUT2D eigenvalue weighted by Crippen LogP contribution is -1.94. The zero-order valence-corrected chi connectivity index (χ0v) is 6.66. The molecule has 1 heterocycles. The van der Waals surface area contributed by atoms with Gasteiger partial charge in [0, 0.05) is 32.3 Å². The van der Waals surface area contributed by atoms with Gasteiger partial charge < -0.3 is 4.74 Å². The highest BCUT2D eigenvalue weighted by molar-refractivity contribution is 4.94. The van der Waals surface area contributed by atoms with Crippen LogP contribution in [0.15, 0.2) is 18.6 Å². The fourth-order valence-corrected chi connectivity index (χ4v) is 0.857. The summed E-state index contributed by atoms with van der Waals surface area (Å²) in [5.74, 6) is 0. The van der Waals surface area contributed by atoms with Crippen LogP contribution in [0.5, 0.6) is 0 Å². The molecular formula is C8H12N2O. The number of aromatic nitrogens is 2. The van der Waals surface area contributed by atoms with Crippen LogP contribution in [0, 0.1) is 0 Å². The SMILES string of the molecule is COCCCc1cnccn1. The molecule has 0 aliphatic carbocycles. The van der Waals surface area contributed by atoms with Crippen LogP contribution in [0.25, 0.3) is 0 Å². The monoisotopic (exact) mass is 152 g/mol. The number of nitrogens with zero attached hydrogens (tertiary/aromatic N) is 2. The third kappa shape index (κ3) is 3.09. The topological polar surface area (TPSA) is 35.0 Å². The van der Waals surface area contributed by atoms with Gasteiger partial charge in [0.05, 0.1) is 5.69 Å². The molecule has 0 aromatic carbocycles. The van der Waals surface area contributed by atoms with Crippen molar-refractivity contribution in [2.24, 2.45) is 0 Å². The Labute approximate surface area is 66.4 Å². The van der Waals surface area contributed by atoms with Crippen LogP contribution in [0.2, 0.25) is 0 Å². The molecule has 1 rings (SSSR count). The Hall–Kier alpha value is -0.960. The standard InChI is InChI=1S/C8H12N2O/c1-11-6-2-3-8-7-9-4-5-10-8/h4-5,7H,2-3,6H2,1H3. The molecule has 0 spiro atoms. The lowest BCUT2D eigenvalue weighted by molar-refractivity contribution is 0.195. The fraction of sp³-hybridized carbons (Fsp3) is 0.500. The number of methoxy groups -OCH3 is 1. The van der Waals surface area contributed by atoms with Crippen LogP contribution in [0.1, 0.15) is 12.1 Å². The minimum atomic E-state index is 0.788. The first kappa shape index (κ1) is 8.14. The third-order valence-electron chi connectivity index (χ3n) is 1.40. The average Bonchev–Trinajstić information content (AvgIpc) is 2.07. The van der Waals surface area contributed by atoms with E-state index in [1.165, 1.54) is 0 Å². The van der Waals surface area contributed by atoms with Gasteiger partial charge in [-0.3, -0.25) is 9.97 Å². The highest BCUT2D eigenvalue weighted by Crippen LogP contribution is 1.95. The van der Waals surface area contributed by atoms with E-state index in [1.807, 2.05) is 0 Å². The van der Waals surface area contributed by atoms with E-state index in [0.29, 0.717) is 0 Å². The molecule has 11 heavy (non-hydrogen) atoms. The molecule has 0 N–H and O–H groups in total. The number of ether oxygens (including phenoxy) is 1. The summed E-state index contributed by atoms with van der Waals surface area (Å²) in [7, 11) is 1.71. The van der Waals surface area contributed by atoms with Crippen LogP contribution in [-0.2, 0) is 11.2 Å². The van der Waals surface area contributed by atoms with Crippen LogP contribution < -0.4 is 0 Å². The largest absolute Gasteiger partial charge is 0.385 e. The Balaban J connectivity index is 2.28. The predicted octanol–water partition coefficient (Wildman–Crippen LogP) is 1.06. The molecule has 0 bridgehead atoms. The maximum atomic E-state index is 4.92. The van der Waals surface area contributed by atoms with E-state index in [4.69, 9.17) is 4.74 Å². The second-order valence-corrected chi connectivity index (χ2v) is 2.29. The molecule has 3 nitrogen and oxygen atoms in total. The van der Waals surface area contributed by atoms with Gasteiger partial charge in [0.25, 0.3) is 0 Å². The van der Waals surface area contributed by atoms with Gasteiger partial charge in [0.1, 0.15) is 0 Å². The van der Waals surface area contributed by atoms with Crippen molar-refractivity contribution < 1.29 is 4.74 Å². The quantitative estimate of drug-likeness (QED) is 0.605. The zero-order chi connectivity index (χ0) is 7.94. The summed E-state index contributed by atoms with van der Waals surface area (Å²) in [5.41, 5.74) is 1.03. The smallest absolute Gasteiger partial charge is 0.0587 e. The lowest BCUT2D eigenvalue weighted by Gasteiger charge is -1.97. The van der Waals surface area contributed by atoms with Gasteiger partial charge in [-0.25, -0.2) is 0 Å². The van der Waals surface area contributed by atoms with Crippen molar-refractivity contribution in [3.8, 4) is 0 Å². The first-order chi connectivity index (χ1) is 5.43. The maximum absolute atomic E-state index is 4.92. The molecule has 3 heteroatoms. The molecule has 0 amide bonds. The van der Waals surface area contributed by atoms with Gasteiger partial charge in [-0.2, -0.15) is 0 Å². The second-order valence-electron chi connectivity index (χ2n) is 2.29. The van der Waals surface area contributed by atoms with E-state index in [0.717, 1.165) is 25.1 Å². The molecule has 0 saturated heterocycles. The average molecular weight is 152 g/mol. The van der Waals surface area contributed by atoms with E-state index in [-0.39, 0.29) is 0 Å². The van der Waals surface area contributed by atoms with E-state index < -0.39 is 0 Å². The van der Waals surface area contributed by atoms with Crippen molar-refractivity contribution in [3.63, 3.8) is 0 Å². The fourth-order valence-electron chi connectivity index (χ4n) is 0.857. The van der Waals surface area contributed by atoms with Crippen molar-refractivity contribution in [1.82, 2.24) is 9.97 Å². The number of rotatable bonds is 4. The molecule has 1 aromatic rings. The summed E-state index contributed by atoms with van der Waals surface area (Å²) in [6.45, 7) is 0.788. The number of hydrogen-bond acceptors (Lipinski definition) is 3. The van der Waals surface area contributed by atoms with Crippen molar-refractivity contribution >= 4 is 0 Å². The zero-order valence-electron chi connectivity index (χ0n) is 6.66. The highest BCUT2D eigenvalue weighted by Gasteiger charge is 1.91. The van der Waals surface area contributed by atoms with Crippen LogP contribution >= 0.6 is 0 Å². The third-order valence-corrected chi connectivity index (χ3v) is 1.40. The van der Waals surface area contributed by atoms with Gasteiger partial charge >= 0.3 is 0 Å². The van der Waals surface area contributed by atoms with Gasteiger partial charge in [0.2, 0.25) is 0 Å². The van der Waals surface area contributed by atoms with E-state index >= 15 is 0 Å². The molecule has 60 valence electrons. The molecule has 0 aliphatic heterocycles. The lowest BCUT2D eigenvalue weighted by atomic mass is 10.2. The van der Waals surface area contributed by atoms with E-state index in [1.54, 1.807) is 25.7 Å². The summed E-state index contributed by atoms with van der Waals surface area (Å²) in [6.07, 6.45) is 7.13. The Morgan fingerprint density at radius 1 is 1.45 bits per heavy atom. The van der Waals surface area contributed by atoms with Crippen LogP contribution in [0.4, 0.5) is 0 Å². The normalized spacial score (nSPS) is 9.91. The second kappa shape index (κ2) is 4.79. The number of aryl methyl sites for hydroxylation is 1. The molecule has 1 aromatic heterocycles. The van der Waals surface area contributed by atoms with Crippen LogP contribution in [-0.4, -0.2) is 23.7 Å². The van der Waals surface area contributed by atoms with Crippen molar-refractivity contribution in [2.45, 2.75) is 12.8 Å². The molecule has 0 saturated carbocycles. The Kier molecular flexibility index (Phi) is 3.55. The first-order valence-corrected chi connectivity index (χ1v) is 3.67. The molecule has 0 fully saturated rings. The summed E-state index contributed by atoms with van der Waals surface area (Å²) in [6, 6.07) is 0. The molecule has 0 atom stereocenters. The first-order valence-electron chi connectivity index (χ1n) is 3.67. The van der Waals surface area contributed by atoms with E-state index in [9.17, 15) is 0 Å². The van der Waals surface area contributed by atoms with Gasteiger partial charge in [-0.05, 0) is 12.8 Å². The van der Waals surface area contributed by atoms with E-state index in [2.05, 4.69) is 9.97 Å². The molecule has 0 radical (unpaired) electrons. The van der Waals surface area contributed by atoms with Gasteiger partial charge in [-0.15, -0.1) is 0 Å². The van der Waals surface area contributed by atoms with Crippen molar-refractivity contribution in [2.75, 3.05) is 13.7 Å². The molecule has 0 aliphatic rings. The van der Waals surface area contributed by atoms with Gasteiger partial charge in [-0.1, -0.05) is 0 Å². The summed E-state index contributed by atoms with van der Waals surface area (Å²) < 4.78 is 4.92.